The highest BCUT2D eigenvalue weighted by atomic mass is 32.2. The number of Topliss-reactive ketones (excluding diaryl/α,β-unsaturated/α-hetero) is 1. The number of fused-ring (bicyclic) bond motifs is 1. The number of nitrogens with zero attached hydrogens (tertiary/aromatic N) is 1. The molecule has 0 bridgehead atoms. The fourth-order valence-electron chi connectivity index (χ4n) is 3.07. The van der Waals surface area contributed by atoms with Gasteiger partial charge in [-0.2, -0.15) is 0 Å². The average molecular weight is 363 g/mol. The number of ether oxygens (including phenoxy) is 1. The van der Waals surface area contributed by atoms with Crippen LogP contribution >= 0.6 is 0 Å². The van der Waals surface area contributed by atoms with E-state index in [1.807, 2.05) is 6.92 Å². The van der Waals surface area contributed by atoms with Gasteiger partial charge in [0, 0.05) is 11.6 Å². The standard InChI is InChI=1S/C18H18FNO4S/c1-12-9-14-10-13(7-8-16(14)20(12)25(2,22)23)17(21)11-24-18-6-4-3-5-15(18)19/h3-8,10,12H,9,11H2,1-2H3/t12-/m0/s1. The first-order chi connectivity index (χ1) is 11.8. The number of carbonyl (C=O) groups is 1. The molecule has 0 aromatic heterocycles. The van der Waals surface area contributed by atoms with Crippen molar-refractivity contribution in [2.24, 2.45) is 0 Å². The molecule has 0 N–H and O–H groups in total. The van der Waals surface area contributed by atoms with Gasteiger partial charge in [0.25, 0.3) is 0 Å². The van der Waals surface area contributed by atoms with Gasteiger partial charge in [0.2, 0.25) is 10.0 Å². The fourth-order valence-corrected chi connectivity index (χ4v) is 4.33. The van der Waals surface area contributed by atoms with Gasteiger partial charge in [-0.3, -0.25) is 9.10 Å². The molecule has 0 saturated carbocycles. The van der Waals surface area contributed by atoms with Crippen molar-refractivity contribution in [2.45, 2.75) is 19.4 Å². The van der Waals surface area contributed by atoms with E-state index in [4.69, 9.17) is 4.74 Å². The number of rotatable bonds is 5. The van der Waals surface area contributed by atoms with E-state index < -0.39 is 15.8 Å². The molecule has 0 unspecified atom stereocenters. The third-order valence-corrected chi connectivity index (χ3v) is 5.38. The maximum Gasteiger partial charge on any atom is 0.232 e. The van der Waals surface area contributed by atoms with E-state index in [-0.39, 0.29) is 24.2 Å². The minimum Gasteiger partial charge on any atom is -0.482 e. The molecule has 2 aromatic carbocycles. The van der Waals surface area contributed by atoms with Crippen molar-refractivity contribution in [3.63, 3.8) is 0 Å². The van der Waals surface area contributed by atoms with Crippen LogP contribution < -0.4 is 9.04 Å². The average Bonchev–Trinajstić information content (AvgIpc) is 2.88. The summed E-state index contributed by atoms with van der Waals surface area (Å²) in [4.78, 5) is 12.3. The molecule has 1 atom stereocenters. The molecule has 1 aliphatic heterocycles. The number of benzene rings is 2. The summed E-state index contributed by atoms with van der Waals surface area (Å²) in [7, 11) is -3.37. The van der Waals surface area contributed by atoms with E-state index in [2.05, 4.69) is 0 Å². The Hall–Kier alpha value is -2.41. The largest absolute Gasteiger partial charge is 0.482 e. The Kier molecular flexibility index (Phi) is 4.51. The maximum atomic E-state index is 13.5. The molecule has 0 spiro atoms. The molecule has 25 heavy (non-hydrogen) atoms. The van der Waals surface area contributed by atoms with Crippen molar-refractivity contribution in [1.82, 2.24) is 0 Å². The predicted molar refractivity (Wildman–Crippen MR) is 93.2 cm³/mol. The van der Waals surface area contributed by atoms with E-state index in [9.17, 15) is 17.6 Å². The van der Waals surface area contributed by atoms with E-state index in [0.29, 0.717) is 17.7 Å². The zero-order valence-corrected chi connectivity index (χ0v) is 14.7. The second-order valence-corrected chi connectivity index (χ2v) is 7.96. The van der Waals surface area contributed by atoms with Crippen LogP contribution in [0.15, 0.2) is 42.5 Å². The van der Waals surface area contributed by atoms with Crippen LogP contribution in [-0.4, -0.2) is 33.1 Å². The monoisotopic (exact) mass is 363 g/mol. The van der Waals surface area contributed by atoms with Crippen LogP contribution in [0.4, 0.5) is 10.1 Å². The minimum atomic E-state index is -3.37. The van der Waals surface area contributed by atoms with Gasteiger partial charge in [-0.15, -0.1) is 0 Å². The van der Waals surface area contributed by atoms with Gasteiger partial charge in [0.05, 0.1) is 11.9 Å². The number of sulfonamides is 1. The Morgan fingerprint density at radius 2 is 2.00 bits per heavy atom. The third-order valence-electron chi connectivity index (χ3n) is 4.11. The van der Waals surface area contributed by atoms with E-state index in [1.165, 1.54) is 22.7 Å². The van der Waals surface area contributed by atoms with Gasteiger partial charge in [0.15, 0.2) is 24.0 Å². The normalized spacial score (nSPS) is 16.6. The summed E-state index contributed by atoms with van der Waals surface area (Å²) >= 11 is 0. The lowest BCUT2D eigenvalue weighted by molar-refractivity contribution is 0.0918. The summed E-state index contributed by atoms with van der Waals surface area (Å²) < 4.78 is 44.0. The van der Waals surface area contributed by atoms with E-state index in [1.54, 1.807) is 30.3 Å². The van der Waals surface area contributed by atoms with Crippen LogP contribution in [0.3, 0.4) is 0 Å². The zero-order valence-electron chi connectivity index (χ0n) is 13.9. The Labute approximate surface area is 146 Å². The molecule has 1 heterocycles. The molecular formula is C18H18FNO4S. The summed E-state index contributed by atoms with van der Waals surface area (Å²) in [5.74, 6) is -0.799. The van der Waals surface area contributed by atoms with Crippen molar-refractivity contribution in [1.29, 1.82) is 0 Å². The highest BCUT2D eigenvalue weighted by molar-refractivity contribution is 7.92. The summed E-state index contributed by atoms with van der Waals surface area (Å²) in [6.07, 6.45) is 1.71. The van der Waals surface area contributed by atoms with Gasteiger partial charge in [-0.1, -0.05) is 12.1 Å². The summed E-state index contributed by atoms with van der Waals surface area (Å²) in [5.41, 5.74) is 1.81. The molecule has 0 fully saturated rings. The molecular weight excluding hydrogens is 345 g/mol. The predicted octanol–water partition coefficient (Wildman–Crippen LogP) is 2.80. The van der Waals surface area contributed by atoms with Crippen LogP contribution in [0.1, 0.15) is 22.8 Å². The smallest absolute Gasteiger partial charge is 0.232 e. The van der Waals surface area contributed by atoms with Crippen molar-refractivity contribution < 1.29 is 22.3 Å². The van der Waals surface area contributed by atoms with Crippen molar-refractivity contribution >= 4 is 21.5 Å². The van der Waals surface area contributed by atoms with Crippen LogP contribution in [0, 0.1) is 5.82 Å². The number of hydrogen-bond donors (Lipinski definition) is 0. The lowest BCUT2D eigenvalue weighted by atomic mass is 10.0. The topological polar surface area (TPSA) is 63.7 Å². The SMILES string of the molecule is C[C@H]1Cc2cc(C(=O)COc3ccccc3F)ccc2N1S(C)(=O)=O. The molecule has 1 aliphatic rings. The molecule has 0 aliphatic carbocycles. The lowest BCUT2D eigenvalue weighted by Crippen LogP contribution is -2.34. The van der Waals surface area contributed by atoms with E-state index in [0.717, 1.165) is 5.56 Å². The highest BCUT2D eigenvalue weighted by Crippen LogP contribution is 2.34. The van der Waals surface area contributed by atoms with Crippen LogP contribution in [0.5, 0.6) is 5.75 Å². The minimum absolute atomic E-state index is 0.0221. The molecule has 5 nitrogen and oxygen atoms in total. The Morgan fingerprint density at radius 3 is 2.68 bits per heavy atom. The number of hydrogen-bond acceptors (Lipinski definition) is 4. The van der Waals surface area contributed by atoms with Crippen molar-refractivity contribution in [2.75, 3.05) is 17.2 Å². The first-order valence-corrected chi connectivity index (χ1v) is 9.65. The summed E-state index contributed by atoms with van der Waals surface area (Å²) in [6.45, 7) is 1.54. The number of para-hydroxylation sites is 1. The first-order valence-electron chi connectivity index (χ1n) is 7.80. The van der Waals surface area contributed by atoms with Gasteiger partial charge >= 0.3 is 0 Å². The highest BCUT2D eigenvalue weighted by Gasteiger charge is 2.32. The molecule has 132 valence electrons. The van der Waals surface area contributed by atoms with Crippen molar-refractivity contribution in [3.05, 3.63) is 59.4 Å². The molecule has 0 amide bonds. The fraction of sp³-hybridized carbons (Fsp3) is 0.278. The first kappa shape index (κ1) is 17.4. The second kappa shape index (κ2) is 6.48. The lowest BCUT2D eigenvalue weighted by Gasteiger charge is -2.21. The molecule has 3 rings (SSSR count). The van der Waals surface area contributed by atoms with E-state index >= 15 is 0 Å². The number of anilines is 1. The van der Waals surface area contributed by atoms with Gasteiger partial charge < -0.3 is 4.74 Å². The zero-order chi connectivity index (χ0) is 18.2. The summed E-state index contributed by atoms with van der Waals surface area (Å²) in [6, 6.07) is 10.6. The third kappa shape index (κ3) is 3.51. The number of halogens is 1. The van der Waals surface area contributed by atoms with Crippen LogP contribution in [-0.2, 0) is 16.4 Å². The van der Waals surface area contributed by atoms with Gasteiger partial charge in [0.1, 0.15) is 0 Å². The second-order valence-electron chi connectivity index (χ2n) is 6.10. The Morgan fingerprint density at radius 1 is 1.28 bits per heavy atom. The van der Waals surface area contributed by atoms with Gasteiger partial charge in [-0.25, -0.2) is 12.8 Å². The molecule has 0 radical (unpaired) electrons. The Balaban J connectivity index is 1.78. The summed E-state index contributed by atoms with van der Waals surface area (Å²) in [5, 5.41) is 0. The van der Waals surface area contributed by atoms with Gasteiger partial charge in [-0.05, 0) is 49.2 Å². The van der Waals surface area contributed by atoms with Crippen molar-refractivity contribution in [3.8, 4) is 5.75 Å². The van der Waals surface area contributed by atoms with Crippen LogP contribution in [0.25, 0.3) is 0 Å². The molecule has 0 saturated heterocycles. The Bertz CT molecular complexity index is 926. The number of ketones is 1. The molecule has 2 aromatic rings. The number of carbonyl (C=O) groups excluding carboxylic acids is 1. The maximum absolute atomic E-state index is 13.5. The molecule has 7 heteroatoms. The van der Waals surface area contributed by atoms with Crippen LogP contribution in [0.2, 0.25) is 0 Å². The quantitative estimate of drug-likeness (QED) is 0.767.